The molecule has 1 atom stereocenters. The highest BCUT2D eigenvalue weighted by atomic mass is 16.5. The van der Waals surface area contributed by atoms with E-state index >= 15 is 0 Å². The van der Waals surface area contributed by atoms with Crippen molar-refractivity contribution in [2.45, 2.75) is 45.6 Å². The van der Waals surface area contributed by atoms with E-state index in [1.54, 1.807) is 0 Å². The van der Waals surface area contributed by atoms with Crippen molar-refractivity contribution in [3.63, 3.8) is 0 Å². The van der Waals surface area contributed by atoms with Gasteiger partial charge < -0.3 is 9.84 Å². The van der Waals surface area contributed by atoms with E-state index in [1.807, 2.05) is 0 Å². The molecule has 0 saturated carbocycles. The van der Waals surface area contributed by atoms with Gasteiger partial charge in [-0.2, -0.15) is 4.98 Å². The van der Waals surface area contributed by atoms with Gasteiger partial charge in [0.2, 0.25) is 5.89 Å². The summed E-state index contributed by atoms with van der Waals surface area (Å²) in [5.74, 6) is 1.56. The summed E-state index contributed by atoms with van der Waals surface area (Å²) in [6.07, 6.45) is 2.60. The Kier molecular flexibility index (Phi) is 3.14. The van der Waals surface area contributed by atoms with Crippen LogP contribution in [0.3, 0.4) is 0 Å². The van der Waals surface area contributed by atoms with Gasteiger partial charge in [0.05, 0.1) is 6.54 Å². The average Bonchev–Trinajstić information content (AvgIpc) is 3.01. The number of aromatic nitrogens is 2. The summed E-state index contributed by atoms with van der Waals surface area (Å²) in [4.78, 5) is 6.99. The summed E-state index contributed by atoms with van der Waals surface area (Å²) < 4.78 is 5.36. The van der Waals surface area contributed by atoms with Gasteiger partial charge in [-0.05, 0) is 31.3 Å². The number of nitrogens with zero attached hydrogens (tertiary/aromatic N) is 3. The van der Waals surface area contributed by atoms with Gasteiger partial charge in [-0.15, -0.1) is 0 Å². The first-order valence-electron chi connectivity index (χ1n) is 7.23. The number of hydrogen-bond donors (Lipinski definition) is 1. The third kappa shape index (κ3) is 2.67. The average molecular weight is 264 g/mol. The zero-order valence-corrected chi connectivity index (χ0v) is 12.2. The molecule has 0 bridgehead atoms. The third-order valence-electron chi connectivity index (χ3n) is 4.32. The Morgan fingerprint density at radius 1 is 1.37 bits per heavy atom. The van der Waals surface area contributed by atoms with Crippen LogP contribution in [-0.2, 0) is 12.0 Å². The standard InChI is InChI=1S/C14H24N4O/c1-13(2,3)12-16-11(17-19-12)8-18-7-5-14(10-18)4-6-15-9-14/h15H,4-10H2,1-3H3. The van der Waals surface area contributed by atoms with Gasteiger partial charge in [0.1, 0.15) is 0 Å². The van der Waals surface area contributed by atoms with E-state index in [0.717, 1.165) is 24.8 Å². The molecule has 2 aliphatic heterocycles. The molecule has 0 aromatic carbocycles. The molecule has 1 unspecified atom stereocenters. The molecule has 0 aliphatic carbocycles. The van der Waals surface area contributed by atoms with Crippen molar-refractivity contribution in [1.82, 2.24) is 20.4 Å². The van der Waals surface area contributed by atoms with Crippen LogP contribution in [0, 0.1) is 5.41 Å². The zero-order chi connectivity index (χ0) is 13.5. The molecule has 5 nitrogen and oxygen atoms in total. The maximum absolute atomic E-state index is 5.36. The lowest BCUT2D eigenvalue weighted by Crippen LogP contribution is -2.29. The van der Waals surface area contributed by atoms with Crippen LogP contribution < -0.4 is 5.32 Å². The predicted molar refractivity (Wildman–Crippen MR) is 72.8 cm³/mol. The van der Waals surface area contributed by atoms with E-state index in [-0.39, 0.29) is 5.41 Å². The Balaban J connectivity index is 1.62. The number of rotatable bonds is 2. The lowest BCUT2D eigenvalue weighted by Gasteiger charge is -2.22. The Bertz CT molecular complexity index is 443. The Morgan fingerprint density at radius 3 is 2.84 bits per heavy atom. The molecule has 3 rings (SSSR count). The molecule has 0 radical (unpaired) electrons. The zero-order valence-electron chi connectivity index (χ0n) is 12.2. The molecule has 1 aromatic heterocycles. The van der Waals surface area contributed by atoms with Crippen LogP contribution in [0.15, 0.2) is 4.52 Å². The molecule has 19 heavy (non-hydrogen) atoms. The SMILES string of the molecule is CC(C)(C)c1nc(CN2CCC3(CCNC3)C2)no1. The minimum atomic E-state index is -0.0626. The summed E-state index contributed by atoms with van der Waals surface area (Å²) in [5, 5.41) is 7.60. The largest absolute Gasteiger partial charge is 0.339 e. The minimum absolute atomic E-state index is 0.0626. The van der Waals surface area contributed by atoms with E-state index in [4.69, 9.17) is 4.52 Å². The van der Waals surface area contributed by atoms with E-state index < -0.39 is 0 Å². The Hall–Kier alpha value is -0.940. The van der Waals surface area contributed by atoms with Crippen molar-refractivity contribution in [1.29, 1.82) is 0 Å². The molecule has 1 N–H and O–H groups in total. The van der Waals surface area contributed by atoms with Crippen LogP contribution in [0.25, 0.3) is 0 Å². The van der Waals surface area contributed by atoms with Crippen molar-refractivity contribution in [2.75, 3.05) is 26.2 Å². The fourth-order valence-corrected chi connectivity index (χ4v) is 3.13. The third-order valence-corrected chi connectivity index (χ3v) is 4.32. The van der Waals surface area contributed by atoms with Gasteiger partial charge in [0, 0.05) is 18.5 Å². The van der Waals surface area contributed by atoms with Gasteiger partial charge in [0.15, 0.2) is 5.82 Å². The Morgan fingerprint density at radius 2 is 2.21 bits per heavy atom. The first kappa shape index (κ1) is 13.1. The molecule has 0 amide bonds. The van der Waals surface area contributed by atoms with Gasteiger partial charge >= 0.3 is 0 Å². The predicted octanol–water partition coefficient (Wildman–Crippen LogP) is 1.55. The molecular weight excluding hydrogens is 240 g/mol. The molecule has 106 valence electrons. The fraction of sp³-hybridized carbons (Fsp3) is 0.857. The molecule has 5 heteroatoms. The first-order valence-corrected chi connectivity index (χ1v) is 7.23. The summed E-state index contributed by atoms with van der Waals surface area (Å²) in [6, 6.07) is 0. The lowest BCUT2D eigenvalue weighted by molar-refractivity contribution is 0.258. The molecule has 2 saturated heterocycles. The highest BCUT2D eigenvalue weighted by Crippen LogP contribution is 2.36. The fourth-order valence-electron chi connectivity index (χ4n) is 3.13. The summed E-state index contributed by atoms with van der Waals surface area (Å²) >= 11 is 0. The smallest absolute Gasteiger partial charge is 0.232 e. The van der Waals surface area contributed by atoms with Crippen molar-refractivity contribution in [2.24, 2.45) is 5.41 Å². The van der Waals surface area contributed by atoms with Gasteiger partial charge in [-0.1, -0.05) is 25.9 Å². The van der Waals surface area contributed by atoms with Crippen LogP contribution in [0.2, 0.25) is 0 Å². The van der Waals surface area contributed by atoms with E-state index in [9.17, 15) is 0 Å². The monoisotopic (exact) mass is 264 g/mol. The lowest BCUT2D eigenvalue weighted by atomic mass is 9.87. The highest BCUT2D eigenvalue weighted by Gasteiger charge is 2.40. The van der Waals surface area contributed by atoms with Crippen molar-refractivity contribution in [3.05, 3.63) is 11.7 Å². The summed E-state index contributed by atoms with van der Waals surface area (Å²) in [7, 11) is 0. The van der Waals surface area contributed by atoms with Gasteiger partial charge in [0.25, 0.3) is 0 Å². The second-order valence-electron chi connectivity index (χ2n) is 7.15. The maximum Gasteiger partial charge on any atom is 0.232 e. The van der Waals surface area contributed by atoms with E-state index in [2.05, 4.69) is 41.1 Å². The van der Waals surface area contributed by atoms with Crippen molar-refractivity contribution in [3.8, 4) is 0 Å². The maximum atomic E-state index is 5.36. The van der Waals surface area contributed by atoms with Crippen molar-refractivity contribution >= 4 is 0 Å². The topological polar surface area (TPSA) is 54.2 Å². The molecule has 1 spiro atoms. The minimum Gasteiger partial charge on any atom is -0.339 e. The van der Waals surface area contributed by atoms with Crippen molar-refractivity contribution < 1.29 is 4.52 Å². The van der Waals surface area contributed by atoms with Crippen LogP contribution in [0.4, 0.5) is 0 Å². The van der Waals surface area contributed by atoms with Crippen LogP contribution in [0.1, 0.15) is 45.3 Å². The Labute approximate surface area is 114 Å². The normalized spacial score (nSPS) is 28.6. The van der Waals surface area contributed by atoms with Crippen LogP contribution in [-0.4, -0.2) is 41.2 Å². The highest BCUT2D eigenvalue weighted by molar-refractivity contribution is 5.00. The first-order chi connectivity index (χ1) is 8.97. The second kappa shape index (κ2) is 4.56. The number of hydrogen-bond acceptors (Lipinski definition) is 5. The van der Waals surface area contributed by atoms with Gasteiger partial charge in [-0.3, -0.25) is 4.90 Å². The molecule has 1 aromatic rings. The number of nitrogens with one attached hydrogen (secondary N) is 1. The quantitative estimate of drug-likeness (QED) is 0.878. The molecule has 3 heterocycles. The van der Waals surface area contributed by atoms with E-state index in [1.165, 1.54) is 32.5 Å². The van der Waals surface area contributed by atoms with Crippen LogP contribution >= 0.6 is 0 Å². The molecular formula is C14H24N4O. The van der Waals surface area contributed by atoms with Gasteiger partial charge in [-0.25, -0.2) is 0 Å². The summed E-state index contributed by atoms with van der Waals surface area (Å²) in [5.41, 5.74) is 0.448. The molecule has 2 aliphatic rings. The number of likely N-dealkylation sites (tertiary alicyclic amines) is 1. The van der Waals surface area contributed by atoms with E-state index in [0.29, 0.717) is 5.41 Å². The van der Waals surface area contributed by atoms with Crippen LogP contribution in [0.5, 0.6) is 0 Å². The summed E-state index contributed by atoms with van der Waals surface area (Å²) in [6.45, 7) is 11.8. The molecule has 2 fully saturated rings. The second-order valence-corrected chi connectivity index (χ2v) is 7.15.